The van der Waals surface area contributed by atoms with Crippen molar-refractivity contribution in [2.24, 2.45) is 0 Å². The van der Waals surface area contributed by atoms with Crippen molar-refractivity contribution >= 4 is 16.7 Å². The summed E-state index contributed by atoms with van der Waals surface area (Å²) >= 11 is 0. The van der Waals surface area contributed by atoms with Crippen LogP contribution in [-0.4, -0.2) is 12.5 Å². The molecule has 1 amide bonds. The van der Waals surface area contributed by atoms with Gasteiger partial charge in [0.2, 0.25) is 0 Å². The maximum Gasteiger partial charge on any atom is 0.251 e. The van der Waals surface area contributed by atoms with E-state index in [1.165, 1.54) is 0 Å². The maximum atomic E-state index is 12.1. The molecule has 0 heterocycles. The standard InChI is InChI=1S/C16H15NO/c1-2-3-6-12-17-16(18)15-11-7-9-13-8-4-5-10-14(13)15/h1,4-5,7-11H,3,6,12H2,(H,17,18). The Kier molecular flexibility index (Phi) is 3.98. The van der Waals surface area contributed by atoms with Crippen LogP contribution in [0.2, 0.25) is 0 Å². The smallest absolute Gasteiger partial charge is 0.251 e. The van der Waals surface area contributed by atoms with Crippen molar-refractivity contribution in [2.75, 3.05) is 6.54 Å². The number of benzene rings is 2. The van der Waals surface area contributed by atoms with Crippen molar-refractivity contribution in [1.82, 2.24) is 5.32 Å². The Bertz CT molecular complexity index is 590. The van der Waals surface area contributed by atoms with E-state index in [2.05, 4.69) is 11.2 Å². The molecule has 2 nitrogen and oxygen atoms in total. The molecule has 2 aromatic carbocycles. The zero-order valence-electron chi connectivity index (χ0n) is 10.1. The minimum absolute atomic E-state index is 0.0381. The van der Waals surface area contributed by atoms with Crippen molar-refractivity contribution in [2.45, 2.75) is 12.8 Å². The molecule has 18 heavy (non-hydrogen) atoms. The molecular weight excluding hydrogens is 222 g/mol. The molecular formula is C16H15NO. The molecule has 0 bridgehead atoms. The van der Waals surface area contributed by atoms with Gasteiger partial charge in [-0.15, -0.1) is 12.3 Å². The summed E-state index contributed by atoms with van der Waals surface area (Å²) in [5.74, 6) is 2.52. The van der Waals surface area contributed by atoms with Gasteiger partial charge in [0, 0.05) is 18.5 Å². The summed E-state index contributed by atoms with van der Waals surface area (Å²) in [4.78, 5) is 12.1. The summed E-state index contributed by atoms with van der Waals surface area (Å²) in [6, 6.07) is 13.6. The molecule has 0 spiro atoms. The SMILES string of the molecule is C#CCCCNC(=O)c1cccc2ccccc12. The molecule has 0 fully saturated rings. The summed E-state index contributed by atoms with van der Waals surface area (Å²) in [6.07, 6.45) is 6.67. The fraction of sp³-hybridized carbons (Fsp3) is 0.188. The number of nitrogens with one attached hydrogen (secondary N) is 1. The fourth-order valence-corrected chi connectivity index (χ4v) is 1.91. The van der Waals surface area contributed by atoms with Crippen molar-refractivity contribution in [1.29, 1.82) is 0 Å². The van der Waals surface area contributed by atoms with Crippen molar-refractivity contribution < 1.29 is 4.79 Å². The number of unbranched alkanes of at least 4 members (excludes halogenated alkanes) is 1. The number of amides is 1. The van der Waals surface area contributed by atoms with Crippen LogP contribution in [0.15, 0.2) is 42.5 Å². The van der Waals surface area contributed by atoms with E-state index in [1.54, 1.807) is 0 Å². The molecule has 2 heteroatoms. The Morgan fingerprint density at radius 1 is 1.17 bits per heavy atom. The first kappa shape index (κ1) is 12.2. The van der Waals surface area contributed by atoms with E-state index >= 15 is 0 Å². The number of carbonyl (C=O) groups is 1. The summed E-state index contributed by atoms with van der Waals surface area (Å²) in [5.41, 5.74) is 0.716. The number of fused-ring (bicyclic) bond motifs is 1. The van der Waals surface area contributed by atoms with E-state index in [0.717, 1.165) is 17.2 Å². The van der Waals surface area contributed by atoms with Crippen LogP contribution < -0.4 is 5.32 Å². The van der Waals surface area contributed by atoms with Gasteiger partial charge in [0.05, 0.1) is 0 Å². The maximum absolute atomic E-state index is 12.1. The molecule has 0 radical (unpaired) electrons. The predicted molar refractivity (Wildman–Crippen MR) is 74.3 cm³/mol. The van der Waals surface area contributed by atoms with E-state index in [-0.39, 0.29) is 5.91 Å². The van der Waals surface area contributed by atoms with Gasteiger partial charge >= 0.3 is 0 Å². The highest BCUT2D eigenvalue weighted by molar-refractivity contribution is 6.06. The highest BCUT2D eigenvalue weighted by Crippen LogP contribution is 2.18. The summed E-state index contributed by atoms with van der Waals surface area (Å²) in [5, 5.41) is 4.95. The van der Waals surface area contributed by atoms with E-state index in [0.29, 0.717) is 18.5 Å². The lowest BCUT2D eigenvalue weighted by molar-refractivity contribution is 0.0955. The average molecular weight is 237 g/mol. The third kappa shape index (κ3) is 2.70. The molecule has 0 aliphatic carbocycles. The highest BCUT2D eigenvalue weighted by atomic mass is 16.1. The van der Waals surface area contributed by atoms with Crippen molar-refractivity contribution in [3.8, 4) is 12.3 Å². The van der Waals surface area contributed by atoms with Crippen molar-refractivity contribution in [3.63, 3.8) is 0 Å². The van der Waals surface area contributed by atoms with Crippen LogP contribution in [-0.2, 0) is 0 Å². The molecule has 0 saturated heterocycles. The first-order valence-electron chi connectivity index (χ1n) is 6.02. The van der Waals surface area contributed by atoms with Crippen molar-refractivity contribution in [3.05, 3.63) is 48.0 Å². The zero-order valence-corrected chi connectivity index (χ0v) is 10.1. The van der Waals surface area contributed by atoms with Gasteiger partial charge in [-0.25, -0.2) is 0 Å². The number of hydrogen-bond donors (Lipinski definition) is 1. The molecule has 0 atom stereocenters. The van der Waals surface area contributed by atoms with Gasteiger partial charge in [0.1, 0.15) is 0 Å². The average Bonchev–Trinajstić information content (AvgIpc) is 2.43. The van der Waals surface area contributed by atoms with Crippen LogP contribution in [0.4, 0.5) is 0 Å². The van der Waals surface area contributed by atoms with E-state index in [1.807, 2.05) is 42.5 Å². The van der Waals surface area contributed by atoms with Gasteiger partial charge in [0.15, 0.2) is 0 Å². The second kappa shape index (κ2) is 5.88. The highest BCUT2D eigenvalue weighted by Gasteiger charge is 2.08. The van der Waals surface area contributed by atoms with Gasteiger partial charge in [-0.2, -0.15) is 0 Å². The molecule has 2 aromatic rings. The lowest BCUT2D eigenvalue weighted by Gasteiger charge is -2.07. The number of hydrogen-bond acceptors (Lipinski definition) is 1. The Morgan fingerprint density at radius 2 is 1.94 bits per heavy atom. The Labute approximate surface area is 107 Å². The molecule has 1 N–H and O–H groups in total. The number of carbonyl (C=O) groups excluding carboxylic acids is 1. The van der Waals surface area contributed by atoms with Crippen LogP contribution >= 0.6 is 0 Å². The van der Waals surface area contributed by atoms with Gasteiger partial charge in [-0.05, 0) is 23.3 Å². The van der Waals surface area contributed by atoms with E-state index in [4.69, 9.17) is 6.42 Å². The Morgan fingerprint density at radius 3 is 2.78 bits per heavy atom. The molecule has 90 valence electrons. The zero-order chi connectivity index (χ0) is 12.8. The third-order valence-corrected chi connectivity index (χ3v) is 2.82. The van der Waals surface area contributed by atoms with Gasteiger partial charge in [0.25, 0.3) is 5.91 Å². The quantitative estimate of drug-likeness (QED) is 0.643. The molecule has 0 unspecified atom stereocenters. The number of rotatable bonds is 4. The Balaban J connectivity index is 2.15. The molecule has 0 aliphatic rings. The van der Waals surface area contributed by atoms with E-state index < -0.39 is 0 Å². The second-order valence-corrected chi connectivity index (χ2v) is 4.09. The minimum Gasteiger partial charge on any atom is -0.352 e. The predicted octanol–water partition coefficient (Wildman–Crippen LogP) is 2.98. The fourth-order valence-electron chi connectivity index (χ4n) is 1.91. The molecule has 2 rings (SSSR count). The lowest BCUT2D eigenvalue weighted by atomic mass is 10.0. The molecule has 0 aromatic heterocycles. The summed E-state index contributed by atoms with van der Waals surface area (Å²) in [7, 11) is 0. The summed E-state index contributed by atoms with van der Waals surface area (Å²) in [6.45, 7) is 0.617. The van der Waals surface area contributed by atoms with Crippen LogP contribution in [0.25, 0.3) is 10.8 Å². The third-order valence-electron chi connectivity index (χ3n) is 2.82. The van der Waals surface area contributed by atoms with Crippen LogP contribution in [0, 0.1) is 12.3 Å². The number of terminal acetylenes is 1. The minimum atomic E-state index is -0.0381. The lowest BCUT2D eigenvalue weighted by Crippen LogP contribution is -2.24. The topological polar surface area (TPSA) is 29.1 Å². The van der Waals surface area contributed by atoms with Gasteiger partial charge < -0.3 is 5.32 Å². The normalized spacial score (nSPS) is 9.94. The Hall–Kier alpha value is -2.27. The molecule has 0 aliphatic heterocycles. The van der Waals surface area contributed by atoms with Crippen LogP contribution in [0.3, 0.4) is 0 Å². The molecule has 0 saturated carbocycles. The second-order valence-electron chi connectivity index (χ2n) is 4.09. The monoisotopic (exact) mass is 237 g/mol. The first-order chi connectivity index (χ1) is 8.83. The summed E-state index contributed by atoms with van der Waals surface area (Å²) < 4.78 is 0. The van der Waals surface area contributed by atoms with Gasteiger partial charge in [-0.3, -0.25) is 4.79 Å². The van der Waals surface area contributed by atoms with Crippen LogP contribution in [0.1, 0.15) is 23.2 Å². The van der Waals surface area contributed by atoms with Crippen LogP contribution in [0.5, 0.6) is 0 Å². The van der Waals surface area contributed by atoms with E-state index in [9.17, 15) is 4.79 Å². The first-order valence-corrected chi connectivity index (χ1v) is 6.02. The van der Waals surface area contributed by atoms with Gasteiger partial charge in [-0.1, -0.05) is 36.4 Å². The largest absolute Gasteiger partial charge is 0.352 e.